The summed E-state index contributed by atoms with van der Waals surface area (Å²) < 4.78 is 5.34. The van der Waals surface area contributed by atoms with Crippen LogP contribution in [0.5, 0.6) is 0 Å². The van der Waals surface area contributed by atoms with Gasteiger partial charge in [0.15, 0.2) is 0 Å². The summed E-state index contributed by atoms with van der Waals surface area (Å²) in [6.45, 7) is 2.80. The van der Waals surface area contributed by atoms with E-state index < -0.39 is 0 Å². The fourth-order valence-corrected chi connectivity index (χ4v) is 3.59. The largest absolute Gasteiger partial charge is 0.378 e. The zero-order valence-electron chi connectivity index (χ0n) is 18.0. The van der Waals surface area contributed by atoms with Crippen LogP contribution in [0.15, 0.2) is 84.9 Å². The second-order valence-corrected chi connectivity index (χ2v) is 7.43. The van der Waals surface area contributed by atoms with E-state index in [0.29, 0.717) is 25.0 Å². The number of morpholine rings is 1. The highest BCUT2D eigenvalue weighted by molar-refractivity contribution is 5.76. The molecule has 7 heteroatoms. The van der Waals surface area contributed by atoms with Gasteiger partial charge in [-0.1, -0.05) is 42.3 Å². The molecule has 1 aromatic heterocycles. The molecule has 3 aromatic carbocycles. The molecule has 1 fully saturated rings. The molecular formula is C26H22N6O. The van der Waals surface area contributed by atoms with Gasteiger partial charge in [0, 0.05) is 35.7 Å². The summed E-state index contributed by atoms with van der Waals surface area (Å²) in [5.74, 6) is 6.85. The van der Waals surface area contributed by atoms with Crippen LogP contribution in [-0.2, 0) is 4.74 Å². The third kappa shape index (κ3) is 4.97. The van der Waals surface area contributed by atoms with Crippen molar-refractivity contribution >= 4 is 23.0 Å². The average Bonchev–Trinajstić information content (AvgIpc) is 2.90. The molecule has 7 nitrogen and oxygen atoms in total. The summed E-state index contributed by atoms with van der Waals surface area (Å²) in [5, 5.41) is 16.5. The predicted molar refractivity (Wildman–Crippen MR) is 128 cm³/mol. The molecule has 0 radical (unpaired) electrons. The Kier molecular flexibility index (Phi) is 6.18. The van der Waals surface area contributed by atoms with Crippen molar-refractivity contribution in [3.63, 3.8) is 0 Å². The third-order valence-electron chi connectivity index (χ3n) is 5.24. The fourth-order valence-electron chi connectivity index (χ4n) is 3.59. The van der Waals surface area contributed by atoms with Crippen molar-refractivity contribution in [2.75, 3.05) is 36.1 Å². The van der Waals surface area contributed by atoms with E-state index in [0.717, 1.165) is 35.7 Å². The van der Waals surface area contributed by atoms with Gasteiger partial charge in [-0.3, -0.25) is 0 Å². The molecule has 0 aliphatic carbocycles. The fraction of sp³-hybridized carbons (Fsp3) is 0.154. The molecule has 4 aromatic rings. The monoisotopic (exact) mass is 434 g/mol. The van der Waals surface area contributed by atoms with Crippen molar-refractivity contribution < 1.29 is 4.74 Å². The Morgan fingerprint density at radius 1 is 0.636 bits per heavy atom. The Bertz CT molecular complexity index is 1190. The van der Waals surface area contributed by atoms with Crippen molar-refractivity contribution in [1.82, 2.24) is 20.4 Å². The van der Waals surface area contributed by atoms with Gasteiger partial charge in [0.2, 0.25) is 5.82 Å². The Balaban J connectivity index is 1.35. The number of hydrogen-bond donors (Lipinski definition) is 0. The molecule has 0 saturated carbocycles. The zero-order chi connectivity index (χ0) is 22.3. The highest BCUT2D eigenvalue weighted by Gasteiger charge is 2.14. The van der Waals surface area contributed by atoms with Crippen molar-refractivity contribution in [3.8, 4) is 11.8 Å². The van der Waals surface area contributed by atoms with Gasteiger partial charge in [-0.15, -0.1) is 20.4 Å². The van der Waals surface area contributed by atoms with Crippen molar-refractivity contribution in [2.45, 2.75) is 0 Å². The first-order valence-electron chi connectivity index (χ1n) is 10.8. The van der Waals surface area contributed by atoms with Crippen LogP contribution in [-0.4, -0.2) is 46.7 Å². The first-order valence-corrected chi connectivity index (χ1v) is 10.8. The van der Waals surface area contributed by atoms with E-state index in [2.05, 4.69) is 73.5 Å². The zero-order valence-corrected chi connectivity index (χ0v) is 18.0. The first-order chi connectivity index (χ1) is 16.4. The van der Waals surface area contributed by atoms with Gasteiger partial charge in [0.05, 0.1) is 13.2 Å². The number of aromatic nitrogens is 4. The minimum Gasteiger partial charge on any atom is -0.378 e. The summed E-state index contributed by atoms with van der Waals surface area (Å²) in [5.41, 5.74) is 4.09. The predicted octanol–water partition coefficient (Wildman–Crippen LogP) is 3.97. The number of hydrogen-bond acceptors (Lipinski definition) is 7. The highest BCUT2D eigenvalue weighted by atomic mass is 16.5. The Hall–Kier alpha value is -4.28. The molecule has 0 spiro atoms. The van der Waals surface area contributed by atoms with Crippen molar-refractivity contribution in [3.05, 3.63) is 96.3 Å². The highest BCUT2D eigenvalue weighted by Crippen LogP contribution is 2.33. The normalized spacial score (nSPS) is 13.2. The van der Waals surface area contributed by atoms with Crippen molar-refractivity contribution in [2.24, 2.45) is 0 Å². The van der Waals surface area contributed by atoms with E-state index in [4.69, 9.17) is 4.74 Å². The summed E-state index contributed by atoms with van der Waals surface area (Å²) >= 11 is 0. The third-order valence-corrected chi connectivity index (χ3v) is 5.24. The molecular weight excluding hydrogens is 412 g/mol. The molecule has 1 aliphatic rings. The number of benzene rings is 3. The van der Waals surface area contributed by atoms with E-state index in [9.17, 15) is 0 Å². The maximum absolute atomic E-state index is 5.34. The van der Waals surface area contributed by atoms with E-state index in [1.807, 2.05) is 53.4 Å². The molecule has 0 unspecified atom stereocenters. The number of ether oxygens (including phenoxy) is 1. The number of anilines is 4. The van der Waals surface area contributed by atoms with E-state index in [-0.39, 0.29) is 0 Å². The number of nitrogens with zero attached hydrogens (tertiary/aromatic N) is 6. The Labute approximate surface area is 192 Å². The van der Waals surface area contributed by atoms with Gasteiger partial charge in [0.1, 0.15) is 0 Å². The van der Waals surface area contributed by atoms with Crippen LogP contribution in [0.3, 0.4) is 0 Å². The number of rotatable bonds is 4. The summed E-state index contributed by atoms with van der Waals surface area (Å²) in [6.07, 6.45) is 0. The van der Waals surface area contributed by atoms with Crippen LogP contribution < -0.4 is 9.80 Å². The molecule has 5 rings (SSSR count). The summed E-state index contributed by atoms with van der Waals surface area (Å²) in [4.78, 5) is 4.21. The van der Waals surface area contributed by atoms with Crippen LogP contribution in [0.1, 0.15) is 11.4 Å². The lowest BCUT2D eigenvalue weighted by Gasteiger charge is -2.25. The second-order valence-electron chi connectivity index (χ2n) is 7.43. The lowest BCUT2D eigenvalue weighted by atomic mass is 10.1. The van der Waals surface area contributed by atoms with Crippen LogP contribution in [0.4, 0.5) is 23.0 Å². The molecule has 33 heavy (non-hydrogen) atoms. The van der Waals surface area contributed by atoms with E-state index >= 15 is 0 Å². The minimum absolute atomic E-state index is 0.297. The lowest BCUT2D eigenvalue weighted by Crippen LogP contribution is -2.37. The van der Waals surface area contributed by atoms with Crippen LogP contribution >= 0.6 is 0 Å². The molecule has 1 aliphatic heterocycles. The maximum Gasteiger partial charge on any atom is 0.264 e. The van der Waals surface area contributed by atoms with Crippen molar-refractivity contribution in [1.29, 1.82) is 0 Å². The smallest absolute Gasteiger partial charge is 0.264 e. The SMILES string of the molecule is C(#Cc1nnc(N2CCOCC2)nn1)c1ccc(N(c2ccccc2)c2ccccc2)cc1. The van der Waals surface area contributed by atoms with Crippen LogP contribution in [0, 0.1) is 11.8 Å². The van der Waals surface area contributed by atoms with Gasteiger partial charge in [-0.05, 0) is 54.5 Å². The molecule has 2 heterocycles. The van der Waals surface area contributed by atoms with Gasteiger partial charge in [-0.2, -0.15) is 0 Å². The Morgan fingerprint density at radius 3 is 1.76 bits per heavy atom. The van der Waals surface area contributed by atoms with E-state index in [1.54, 1.807) is 0 Å². The molecule has 1 saturated heterocycles. The van der Waals surface area contributed by atoms with Gasteiger partial charge in [0.25, 0.3) is 5.95 Å². The van der Waals surface area contributed by atoms with Crippen LogP contribution in [0.2, 0.25) is 0 Å². The number of para-hydroxylation sites is 2. The molecule has 0 N–H and O–H groups in total. The van der Waals surface area contributed by atoms with Gasteiger partial charge in [-0.25, -0.2) is 0 Å². The summed E-state index contributed by atoms with van der Waals surface area (Å²) in [7, 11) is 0. The van der Waals surface area contributed by atoms with E-state index in [1.165, 1.54) is 0 Å². The molecule has 0 amide bonds. The minimum atomic E-state index is 0.297. The van der Waals surface area contributed by atoms with Gasteiger partial charge < -0.3 is 14.5 Å². The standard InChI is InChI=1S/C26H22N6O/c1-3-7-22(8-4-1)32(23-9-5-2-6-10-23)24-14-11-21(12-15-24)13-16-25-27-29-26(30-28-25)31-17-19-33-20-18-31/h1-12,14-15H,17-20H2. The summed E-state index contributed by atoms with van der Waals surface area (Å²) in [6, 6.07) is 28.7. The van der Waals surface area contributed by atoms with Crippen LogP contribution in [0.25, 0.3) is 0 Å². The second kappa shape index (κ2) is 9.90. The maximum atomic E-state index is 5.34. The topological polar surface area (TPSA) is 67.3 Å². The average molecular weight is 435 g/mol. The Morgan fingerprint density at radius 2 is 1.18 bits per heavy atom. The van der Waals surface area contributed by atoms with Gasteiger partial charge >= 0.3 is 0 Å². The first kappa shape index (κ1) is 20.6. The molecule has 162 valence electrons. The molecule has 0 bridgehead atoms. The molecule has 0 atom stereocenters. The quantitative estimate of drug-likeness (QED) is 0.450. The lowest BCUT2D eigenvalue weighted by molar-refractivity contribution is 0.122.